The molecule has 1 saturated heterocycles. The molecule has 1 fully saturated rings. The molecule has 0 amide bonds. The average molecular weight is 308 g/mol. The Morgan fingerprint density at radius 3 is 3.09 bits per heavy atom. The number of hydrogen-bond acceptors (Lipinski definition) is 5. The highest BCUT2D eigenvalue weighted by atomic mass is 16.5. The Kier molecular flexibility index (Phi) is 2.22. The third kappa shape index (κ3) is 1.22. The molecule has 1 aromatic carbocycles. The van der Waals surface area contributed by atoms with Crippen LogP contribution < -0.4 is 4.74 Å². The molecule has 1 spiro atoms. The van der Waals surface area contributed by atoms with Crippen molar-refractivity contribution >= 4 is 5.78 Å². The van der Waals surface area contributed by atoms with Crippen LogP contribution in [0.5, 0.6) is 5.75 Å². The number of benzene rings is 1. The van der Waals surface area contributed by atoms with Gasteiger partial charge in [-0.15, -0.1) is 0 Å². The summed E-state index contributed by atoms with van der Waals surface area (Å²) >= 11 is 0. The van der Waals surface area contributed by atoms with Gasteiger partial charge in [0.2, 0.25) is 0 Å². The van der Waals surface area contributed by atoms with Crippen molar-refractivity contribution in [2.75, 3.05) is 13.6 Å². The monoisotopic (exact) mass is 308 g/mol. The maximum absolute atomic E-state index is 12.5. The summed E-state index contributed by atoms with van der Waals surface area (Å²) in [5, 5.41) is 21.0. The van der Waals surface area contributed by atoms with Crippen molar-refractivity contribution < 1.29 is 14.6 Å². The molecule has 5 rings (SSSR count). The largest absolute Gasteiger partial charge is 0.479 e. The van der Waals surface area contributed by atoms with Crippen LogP contribution in [0.3, 0.4) is 0 Å². The first-order valence-electron chi connectivity index (χ1n) is 7.92. The van der Waals surface area contributed by atoms with Crippen LogP contribution in [0.2, 0.25) is 0 Å². The Morgan fingerprint density at radius 2 is 2.30 bits per heavy atom. The first-order chi connectivity index (χ1) is 11.0. The van der Waals surface area contributed by atoms with Crippen LogP contribution in [-0.4, -0.2) is 47.1 Å². The molecule has 4 atom stereocenters. The lowest BCUT2D eigenvalue weighted by Crippen LogP contribution is -2.74. The van der Waals surface area contributed by atoms with Crippen LogP contribution in [0.1, 0.15) is 23.1 Å². The van der Waals surface area contributed by atoms with Gasteiger partial charge in [0.05, 0.1) is 11.0 Å². The lowest BCUT2D eigenvalue weighted by atomic mass is 9.51. The Labute approximate surface area is 133 Å². The van der Waals surface area contributed by atoms with E-state index >= 15 is 0 Å². The van der Waals surface area contributed by atoms with Gasteiger partial charge in [-0.2, -0.15) is 5.26 Å². The van der Waals surface area contributed by atoms with Crippen molar-refractivity contribution in [3.63, 3.8) is 0 Å². The number of ether oxygens (including phenoxy) is 1. The molecule has 4 aliphatic rings. The predicted molar refractivity (Wildman–Crippen MR) is 81.1 cm³/mol. The van der Waals surface area contributed by atoms with E-state index in [0.29, 0.717) is 24.2 Å². The summed E-state index contributed by atoms with van der Waals surface area (Å²) in [5.74, 6) is 0.388. The second kappa shape index (κ2) is 3.84. The summed E-state index contributed by atoms with van der Waals surface area (Å²) in [6.45, 7) is 0.795. The Morgan fingerprint density at radius 1 is 1.48 bits per heavy atom. The summed E-state index contributed by atoms with van der Waals surface area (Å²) in [6, 6.07) is 5.80. The van der Waals surface area contributed by atoms with Crippen molar-refractivity contribution in [3.05, 3.63) is 41.0 Å². The molecule has 2 bridgehead atoms. The summed E-state index contributed by atoms with van der Waals surface area (Å²) in [4.78, 5) is 14.7. The summed E-state index contributed by atoms with van der Waals surface area (Å²) in [6.07, 6.45) is 3.74. The lowest BCUT2D eigenvalue weighted by Gasteiger charge is -2.60. The molecule has 2 heterocycles. The zero-order valence-corrected chi connectivity index (χ0v) is 12.7. The Bertz CT molecular complexity index is 839. The number of nitriles is 1. The molecule has 1 aromatic rings. The van der Waals surface area contributed by atoms with Crippen molar-refractivity contribution in [3.8, 4) is 11.8 Å². The number of carbonyl (C=O) groups is 1. The fourth-order valence-corrected chi connectivity index (χ4v) is 5.23. The normalized spacial score (nSPS) is 39.6. The summed E-state index contributed by atoms with van der Waals surface area (Å²) in [5.41, 5.74) is 0.536. The number of piperidine rings is 1. The minimum Gasteiger partial charge on any atom is -0.479 e. The predicted octanol–water partition coefficient (Wildman–Crippen LogP) is 0.687. The van der Waals surface area contributed by atoms with Crippen molar-refractivity contribution in [1.29, 1.82) is 5.26 Å². The van der Waals surface area contributed by atoms with E-state index in [-0.39, 0.29) is 11.8 Å². The lowest BCUT2D eigenvalue weighted by molar-refractivity contribution is -0.151. The van der Waals surface area contributed by atoms with E-state index < -0.39 is 17.1 Å². The minimum atomic E-state index is -1.13. The molecule has 0 radical (unpaired) electrons. The number of aliphatic hydroxyl groups is 1. The van der Waals surface area contributed by atoms with Crippen molar-refractivity contribution in [2.24, 2.45) is 0 Å². The number of hydrogen-bond donors (Lipinski definition) is 1. The van der Waals surface area contributed by atoms with Gasteiger partial charge < -0.3 is 9.84 Å². The van der Waals surface area contributed by atoms with Crippen LogP contribution in [0.4, 0.5) is 0 Å². The maximum atomic E-state index is 12.5. The molecule has 1 N–H and O–H groups in total. The molecule has 0 aromatic heterocycles. The Balaban J connectivity index is 1.91. The SMILES string of the molecule is CN1CC[C@@]23c4c5ccc(C#N)c4OC2C(=O)C=CC3(O)[C@@H]1C5. The number of likely N-dealkylation sites (tertiary alicyclic amines) is 1. The number of rotatable bonds is 0. The minimum absolute atomic E-state index is 0.0851. The highest BCUT2D eigenvalue weighted by Gasteiger charge is 2.71. The van der Waals surface area contributed by atoms with E-state index in [1.54, 1.807) is 12.1 Å². The van der Waals surface area contributed by atoms with E-state index in [1.165, 1.54) is 6.08 Å². The van der Waals surface area contributed by atoms with Gasteiger partial charge >= 0.3 is 0 Å². The molecule has 5 heteroatoms. The first kappa shape index (κ1) is 13.3. The smallest absolute Gasteiger partial charge is 0.196 e. The fourth-order valence-electron chi connectivity index (χ4n) is 5.23. The second-order valence-electron chi connectivity index (χ2n) is 7.07. The Hall–Kier alpha value is -2.16. The van der Waals surface area contributed by atoms with Gasteiger partial charge in [-0.05, 0) is 50.2 Å². The molecule has 116 valence electrons. The summed E-state index contributed by atoms with van der Waals surface area (Å²) in [7, 11) is 2.01. The zero-order chi connectivity index (χ0) is 16.0. The topological polar surface area (TPSA) is 73.6 Å². The molecule has 2 aliphatic heterocycles. The van der Waals surface area contributed by atoms with Gasteiger partial charge in [0.15, 0.2) is 11.9 Å². The number of likely N-dealkylation sites (N-methyl/N-ethyl adjacent to an activating group) is 1. The molecule has 0 saturated carbocycles. The van der Waals surface area contributed by atoms with E-state index in [9.17, 15) is 15.2 Å². The quantitative estimate of drug-likeness (QED) is 0.763. The molecule has 2 unspecified atom stereocenters. The van der Waals surface area contributed by atoms with E-state index in [4.69, 9.17) is 4.74 Å². The van der Waals surface area contributed by atoms with Gasteiger partial charge in [0.25, 0.3) is 0 Å². The summed E-state index contributed by atoms with van der Waals surface area (Å²) < 4.78 is 6.01. The van der Waals surface area contributed by atoms with Crippen LogP contribution in [0.15, 0.2) is 24.3 Å². The van der Waals surface area contributed by atoms with E-state index in [2.05, 4.69) is 11.0 Å². The molecule has 23 heavy (non-hydrogen) atoms. The van der Waals surface area contributed by atoms with Crippen molar-refractivity contribution in [2.45, 2.75) is 36.0 Å². The van der Waals surface area contributed by atoms with Gasteiger partial charge in [-0.1, -0.05) is 6.07 Å². The highest BCUT2D eigenvalue weighted by Crippen LogP contribution is 2.62. The first-order valence-corrected chi connectivity index (χ1v) is 7.92. The van der Waals surface area contributed by atoms with Gasteiger partial charge in [-0.25, -0.2) is 0 Å². The zero-order valence-electron chi connectivity index (χ0n) is 12.7. The van der Waals surface area contributed by atoms with Gasteiger partial charge in [0, 0.05) is 11.6 Å². The van der Waals surface area contributed by atoms with Crippen LogP contribution >= 0.6 is 0 Å². The molecule has 2 aliphatic carbocycles. The van der Waals surface area contributed by atoms with E-state index in [1.807, 2.05) is 13.1 Å². The van der Waals surface area contributed by atoms with Crippen LogP contribution in [0, 0.1) is 11.3 Å². The number of ketones is 1. The third-order valence-electron chi connectivity index (χ3n) is 6.28. The van der Waals surface area contributed by atoms with Gasteiger partial charge in [-0.3, -0.25) is 9.69 Å². The highest BCUT2D eigenvalue weighted by molar-refractivity contribution is 5.99. The third-order valence-corrected chi connectivity index (χ3v) is 6.28. The maximum Gasteiger partial charge on any atom is 0.196 e. The average Bonchev–Trinajstić information content (AvgIpc) is 2.90. The standard InChI is InChI=1S/C18H16N2O3/c1-20-7-6-17-14-10-2-3-11(9-19)15(14)23-16(17)12(21)4-5-18(17,22)13(20)8-10/h2-5,13,16,22H,6-8H2,1H3/t13-,16?,17+,18?/m0/s1. The fraction of sp³-hybridized carbons (Fsp3) is 0.444. The van der Waals surface area contributed by atoms with Gasteiger partial charge in [0.1, 0.15) is 17.4 Å². The van der Waals surface area contributed by atoms with Crippen LogP contribution in [-0.2, 0) is 16.6 Å². The molecular weight excluding hydrogens is 292 g/mol. The molecular formula is C18H16N2O3. The second-order valence-corrected chi connectivity index (χ2v) is 7.07. The number of carbonyl (C=O) groups excluding carboxylic acids is 1. The molecule has 5 nitrogen and oxygen atoms in total. The van der Waals surface area contributed by atoms with Crippen molar-refractivity contribution in [1.82, 2.24) is 4.90 Å². The number of nitrogens with zero attached hydrogens (tertiary/aromatic N) is 2. The van der Waals surface area contributed by atoms with E-state index in [0.717, 1.165) is 17.7 Å². The van der Waals surface area contributed by atoms with Crippen LogP contribution in [0.25, 0.3) is 0 Å².